The summed E-state index contributed by atoms with van der Waals surface area (Å²) < 4.78 is 4.87. The average molecular weight is 260 g/mol. The van der Waals surface area contributed by atoms with Gasteiger partial charge in [-0.15, -0.1) is 11.6 Å². The molecule has 0 spiro atoms. The molecule has 94 valence electrons. The molecule has 1 rings (SSSR count). The minimum Gasteiger partial charge on any atom is -0.448 e. The third-order valence-electron chi connectivity index (χ3n) is 2.42. The zero-order chi connectivity index (χ0) is 12.7. The van der Waals surface area contributed by atoms with Crippen LogP contribution in [0.1, 0.15) is 6.42 Å². The van der Waals surface area contributed by atoms with Gasteiger partial charge in [-0.25, -0.2) is 4.79 Å². The Morgan fingerprint density at radius 3 is 2.35 bits per heavy atom. The SMILES string of the molecule is N#CCC(=O)N1CCN(C(=O)OCCCl)CC1. The number of ether oxygens (including phenoxy) is 1. The number of hydrogen-bond donors (Lipinski definition) is 0. The molecule has 1 saturated heterocycles. The number of carbonyl (C=O) groups excluding carboxylic acids is 2. The lowest BCUT2D eigenvalue weighted by Crippen LogP contribution is -2.50. The van der Waals surface area contributed by atoms with Crippen molar-refractivity contribution in [2.75, 3.05) is 38.7 Å². The summed E-state index contributed by atoms with van der Waals surface area (Å²) in [7, 11) is 0. The summed E-state index contributed by atoms with van der Waals surface area (Å²) in [5.74, 6) is 0.0769. The molecular weight excluding hydrogens is 246 g/mol. The first kappa shape index (κ1) is 13.6. The molecule has 0 aromatic heterocycles. The Labute approximate surface area is 105 Å². The topological polar surface area (TPSA) is 73.6 Å². The minimum atomic E-state index is -0.405. The Kier molecular flexibility index (Phi) is 5.57. The van der Waals surface area contributed by atoms with Crippen molar-refractivity contribution in [1.82, 2.24) is 9.80 Å². The van der Waals surface area contributed by atoms with Gasteiger partial charge in [0.15, 0.2) is 0 Å². The number of carbonyl (C=O) groups is 2. The lowest BCUT2D eigenvalue weighted by molar-refractivity contribution is -0.131. The van der Waals surface area contributed by atoms with Gasteiger partial charge in [0.1, 0.15) is 13.0 Å². The Balaban J connectivity index is 2.33. The fourth-order valence-corrected chi connectivity index (χ4v) is 1.61. The molecule has 1 heterocycles. The van der Waals surface area contributed by atoms with E-state index in [1.54, 1.807) is 4.90 Å². The van der Waals surface area contributed by atoms with Crippen LogP contribution in [-0.2, 0) is 9.53 Å². The van der Waals surface area contributed by atoms with Gasteiger partial charge in [-0.3, -0.25) is 4.79 Å². The van der Waals surface area contributed by atoms with Gasteiger partial charge in [0.05, 0.1) is 11.9 Å². The second kappa shape index (κ2) is 6.97. The van der Waals surface area contributed by atoms with E-state index in [4.69, 9.17) is 21.6 Å². The van der Waals surface area contributed by atoms with Crippen molar-refractivity contribution in [2.45, 2.75) is 6.42 Å². The number of nitriles is 1. The maximum atomic E-state index is 11.4. The predicted molar refractivity (Wildman–Crippen MR) is 60.5 cm³/mol. The van der Waals surface area contributed by atoms with E-state index < -0.39 is 6.09 Å². The van der Waals surface area contributed by atoms with Crippen LogP contribution in [0, 0.1) is 11.3 Å². The van der Waals surface area contributed by atoms with Crippen LogP contribution in [0.15, 0.2) is 0 Å². The number of amides is 2. The molecule has 0 unspecified atom stereocenters. The van der Waals surface area contributed by atoms with E-state index >= 15 is 0 Å². The van der Waals surface area contributed by atoms with Crippen LogP contribution in [-0.4, -0.2) is 60.5 Å². The van der Waals surface area contributed by atoms with Gasteiger partial charge in [0.2, 0.25) is 5.91 Å². The van der Waals surface area contributed by atoms with E-state index in [1.807, 2.05) is 6.07 Å². The van der Waals surface area contributed by atoms with Gasteiger partial charge in [0, 0.05) is 26.2 Å². The maximum absolute atomic E-state index is 11.4. The second-order valence-electron chi connectivity index (χ2n) is 3.51. The second-order valence-corrected chi connectivity index (χ2v) is 3.88. The highest BCUT2D eigenvalue weighted by molar-refractivity contribution is 6.18. The van der Waals surface area contributed by atoms with Crippen molar-refractivity contribution >= 4 is 23.6 Å². The predicted octanol–water partition coefficient (Wildman–Crippen LogP) is 0.420. The number of halogens is 1. The van der Waals surface area contributed by atoms with Crippen LogP contribution >= 0.6 is 11.6 Å². The lowest BCUT2D eigenvalue weighted by atomic mass is 10.3. The van der Waals surface area contributed by atoms with Crippen molar-refractivity contribution in [1.29, 1.82) is 5.26 Å². The lowest BCUT2D eigenvalue weighted by Gasteiger charge is -2.33. The van der Waals surface area contributed by atoms with Crippen molar-refractivity contribution in [3.8, 4) is 6.07 Å². The molecule has 0 aliphatic carbocycles. The Morgan fingerprint density at radius 2 is 1.82 bits per heavy atom. The molecule has 0 radical (unpaired) electrons. The first-order valence-corrected chi connectivity index (χ1v) is 5.85. The quantitative estimate of drug-likeness (QED) is 0.689. The summed E-state index contributed by atoms with van der Waals surface area (Å²) in [6.07, 6.45) is -0.519. The van der Waals surface area contributed by atoms with Gasteiger partial charge in [-0.2, -0.15) is 5.26 Å². The van der Waals surface area contributed by atoms with Crippen LogP contribution in [0.5, 0.6) is 0 Å². The Bertz CT molecular complexity index is 321. The molecule has 0 atom stereocenters. The molecule has 1 fully saturated rings. The van der Waals surface area contributed by atoms with Gasteiger partial charge in [0.25, 0.3) is 0 Å². The van der Waals surface area contributed by atoms with Crippen LogP contribution in [0.4, 0.5) is 4.79 Å². The first-order chi connectivity index (χ1) is 8.19. The average Bonchev–Trinajstić information content (AvgIpc) is 2.36. The molecule has 0 aromatic carbocycles. The highest BCUT2D eigenvalue weighted by atomic mass is 35.5. The van der Waals surface area contributed by atoms with Gasteiger partial charge in [-0.05, 0) is 0 Å². The zero-order valence-electron chi connectivity index (χ0n) is 9.39. The molecule has 1 aliphatic rings. The summed E-state index contributed by atoms with van der Waals surface area (Å²) in [6, 6.07) is 1.82. The summed E-state index contributed by atoms with van der Waals surface area (Å²) in [5.41, 5.74) is 0. The minimum absolute atomic E-state index is 0.114. The number of hydrogen-bond acceptors (Lipinski definition) is 4. The van der Waals surface area contributed by atoms with Gasteiger partial charge < -0.3 is 14.5 Å². The van der Waals surface area contributed by atoms with Crippen molar-refractivity contribution in [2.24, 2.45) is 0 Å². The summed E-state index contributed by atoms with van der Waals surface area (Å²) >= 11 is 5.40. The zero-order valence-corrected chi connectivity index (χ0v) is 10.2. The van der Waals surface area contributed by atoms with Crippen molar-refractivity contribution in [3.63, 3.8) is 0 Å². The summed E-state index contributed by atoms with van der Waals surface area (Å²) in [4.78, 5) is 26.0. The first-order valence-electron chi connectivity index (χ1n) is 5.31. The molecule has 0 aromatic rings. The monoisotopic (exact) mass is 259 g/mol. The number of piperazine rings is 1. The van der Waals surface area contributed by atoms with E-state index in [2.05, 4.69) is 0 Å². The van der Waals surface area contributed by atoms with E-state index in [-0.39, 0.29) is 24.8 Å². The van der Waals surface area contributed by atoms with Crippen molar-refractivity contribution < 1.29 is 14.3 Å². The van der Waals surface area contributed by atoms with Crippen LogP contribution < -0.4 is 0 Å². The number of nitrogens with zero attached hydrogens (tertiary/aromatic N) is 3. The Morgan fingerprint density at radius 1 is 1.24 bits per heavy atom. The fourth-order valence-electron chi connectivity index (χ4n) is 1.54. The third-order valence-corrected chi connectivity index (χ3v) is 2.58. The third kappa shape index (κ3) is 4.11. The molecule has 17 heavy (non-hydrogen) atoms. The van der Waals surface area contributed by atoms with Crippen LogP contribution in [0.2, 0.25) is 0 Å². The summed E-state index contributed by atoms with van der Waals surface area (Å²) in [5, 5.41) is 8.41. The highest BCUT2D eigenvalue weighted by Gasteiger charge is 2.24. The van der Waals surface area contributed by atoms with E-state index in [0.29, 0.717) is 26.2 Å². The number of rotatable bonds is 3. The van der Waals surface area contributed by atoms with E-state index in [9.17, 15) is 9.59 Å². The molecule has 1 aliphatic heterocycles. The van der Waals surface area contributed by atoms with Gasteiger partial charge >= 0.3 is 6.09 Å². The van der Waals surface area contributed by atoms with Crippen LogP contribution in [0.3, 0.4) is 0 Å². The number of alkyl halides is 1. The van der Waals surface area contributed by atoms with Crippen molar-refractivity contribution in [3.05, 3.63) is 0 Å². The molecular formula is C10H14ClN3O3. The summed E-state index contributed by atoms with van der Waals surface area (Å²) in [6.45, 7) is 1.93. The molecule has 0 bridgehead atoms. The van der Waals surface area contributed by atoms with Gasteiger partial charge in [-0.1, -0.05) is 0 Å². The van der Waals surface area contributed by atoms with Crippen LogP contribution in [0.25, 0.3) is 0 Å². The molecule has 7 heteroatoms. The molecule has 6 nitrogen and oxygen atoms in total. The molecule has 0 N–H and O–H groups in total. The normalized spacial score (nSPS) is 15.3. The molecule has 0 saturated carbocycles. The molecule has 2 amide bonds. The van der Waals surface area contributed by atoms with E-state index in [1.165, 1.54) is 4.90 Å². The fraction of sp³-hybridized carbons (Fsp3) is 0.700. The largest absolute Gasteiger partial charge is 0.448 e. The smallest absolute Gasteiger partial charge is 0.409 e. The highest BCUT2D eigenvalue weighted by Crippen LogP contribution is 2.05. The maximum Gasteiger partial charge on any atom is 0.409 e. The standard InChI is InChI=1S/C10H14ClN3O3/c11-2-8-17-10(16)14-6-4-13(5-7-14)9(15)1-3-12/h1-2,4-8H2. The van der Waals surface area contributed by atoms with E-state index in [0.717, 1.165) is 0 Å². The Hall–Kier alpha value is -1.48.